The highest BCUT2D eigenvalue weighted by atomic mass is 16.1. The van der Waals surface area contributed by atoms with E-state index < -0.39 is 0 Å². The third kappa shape index (κ3) is 4.17. The van der Waals surface area contributed by atoms with Crippen molar-refractivity contribution in [1.82, 2.24) is 15.3 Å². The van der Waals surface area contributed by atoms with Crippen molar-refractivity contribution in [3.05, 3.63) is 27.9 Å². The maximum atomic E-state index is 11.8. The number of hydrogen-bond donors (Lipinski definition) is 2. The molecule has 1 heterocycles. The number of rotatable bonds is 5. The molecule has 1 aromatic heterocycles. The van der Waals surface area contributed by atoms with E-state index in [1.54, 1.807) is 6.07 Å². The summed E-state index contributed by atoms with van der Waals surface area (Å²) in [6, 6.07) is 1.61. The van der Waals surface area contributed by atoms with Crippen LogP contribution in [-0.4, -0.2) is 16.5 Å². The Kier molecular flexibility index (Phi) is 4.97. The van der Waals surface area contributed by atoms with Crippen LogP contribution in [0.5, 0.6) is 0 Å². The number of aromatic nitrogens is 2. The number of nitrogens with one attached hydrogen (secondary N) is 2. The monoisotopic (exact) mass is 277 g/mol. The van der Waals surface area contributed by atoms with Gasteiger partial charge in [0.25, 0.3) is 5.56 Å². The van der Waals surface area contributed by atoms with E-state index in [1.165, 1.54) is 12.8 Å². The molecule has 20 heavy (non-hydrogen) atoms. The summed E-state index contributed by atoms with van der Waals surface area (Å²) in [5.74, 6) is 1.31. The lowest BCUT2D eigenvalue weighted by molar-refractivity contribution is 0.220. The van der Waals surface area contributed by atoms with Crippen molar-refractivity contribution in [2.75, 3.05) is 6.54 Å². The molecule has 0 aromatic carbocycles. The second kappa shape index (κ2) is 6.53. The Hall–Kier alpha value is -1.16. The summed E-state index contributed by atoms with van der Waals surface area (Å²) in [5, 5.41) is 3.31. The molecule has 0 bridgehead atoms. The molecule has 0 aliphatic heterocycles. The molecule has 1 aliphatic carbocycles. The highest BCUT2D eigenvalue weighted by Crippen LogP contribution is 2.41. The maximum absolute atomic E-state index is 11.8. The van der Waals surface area contributed by atoms with Gasteiger partial charge in [-0.2, -0.15) is 0 Å². The summed E-state index contributed by atoms with van der Waals surface area (Å²) >= 11 is 0. The average Bonchev–Trinajstić information content (AvgIpc) is 2.38. The van der Waals surface area contributed by atoms with E-state index in [0.717, 1.165) is 37.3 Å². The second-order valence-electron chi connectivity index (χ2n) is 6.74. The van der Waals surface area contributed by atoms with Gasteiger partial charge in [0.1, 0.15) is 5.82 Å². The summed E-state index contributed by atoms with van der Waals surface area (Å²) < 4.78 is 0. The first kappa shape index (κ1) is 15.2. The van der Waals surface area contributed by atoms with Gasteiger partial charge in [0.05, 0.1) is 5.69 Å². The molecule has 0 radical (unpaired) electrons. The van der Waals surface area contributed by atoms with Gasteiger partial charge in [-0.25, -0.2) is 4.98 Å². The minimum Gasteiger partial charge on any atom is -0.311 e. The Morgan fingerprint density at radius 1 is 1.40 bits per heavy atom. The minimum absolute atomic E-state index is 0.0202. The van der Waals surface area contributed by atoms with E-state index in [4.69, 9.17) is 0 Å². The van der Waals surface area contributed by atoms with Crippen LogP contribution in [0.4, 0.5) is 0 Å². The summed E-state index contributed by atoms with van der Waals surface area (Å²) in [5.41, 5.74) is 1.28. The van der Waals surface area contributed by atoms with Crippen LogP contribution in [-0.2, 0) is 6.54 Å². The number of nitrogens with zero attached hydrogens (tertiary/aromatic N) is 1. The summed E-state index contributed by atoms with van der Waals surface area (Å²) in [6.45, 7) is 8.42. The van der Waals surface area contributed by atoms with Crippen molar-refractivity contribution >= 4 is 0 Å². The lowest BCUT2D eigenvalue weighted by Crippen LogP contribution is -2.25. The fraction of sp³-hybridized carbons (Fsp3) is 0.750. The van der Waals surface area contributed by atoms with Crippen LogP contribution in [0.2, 0.25) is 0 Å². The van der Waals surface area contributed by atoms with E-state index in [2.05, 4.69) is 36.1 Å². The molecule has 1 aromatic rings. The first-order chi connectivity index (χ1) is 9.50. The predicted octanol–water partition coefficient (Wildman–Crippen LogP) is 2.95. The molecule has 2 rings (SSSR count). The van der Waals surface area contributed by atoms with Gasteiger partial charge in [0.2, 0.25) is 0 Å². The van der Waals surface area contributed by atoms with Crippen molar-refractivity contribution < 1.29 is 0 Å². The fourth-order valence-electron chi connectivity index (χ4n) is 2.88. The molecule has 0 atom stereocenters. The van der Waals surface area contributed by atoms with Crippen LogP contribution < -0.4 is 10.9 Å². The first-order valence-electron chi connectivity index (χ1n) is 7.81. The summed E-state index contributed by atoms with van der Waals surface area (Å²) in [6.07, 6.45) is 5.76. The van der Waals surface area contributed by atoms with Crippen LogP contribution in [0.3, 0.4) is 0 Å². The zero-order valence-corrected chi connectivity index (χ0v) is 13.0. The molecule has 2 N–H and O–H groups in total. The Bertz CT molecular complexity index is 483. The molecule has 0 spiro atoms. The van der Waals surface area contributed by atoms with Crippen molar-refractivity contribution in [2.45, 2.75) is 65.3 Å². The van der Waals surface area contributed by atoms with Crippen molar-refractivity contribution in [1.29, 1.82) is 0 Å². The summed E-state index contributed by atoms with van der Waals surface area (Å²) in [4.78, 5) is 19.4. The lowest BCUT2D eigenvalue weighted by Gasteiger charge is -2.33. The van der Waals surface area contributed by atoms with Crippen molar-refractivity contribution in [3.8, 4) is 0 Å². The molecule has 112 valence electrons. The molecular formula is C16H27N3O. The van der Waals surface area contributed by atoms with Crippen molar-refractivity contribution in [2.24, 2.45) is 5.41 Å². The van der Waals surface area contributed by atoms with Crippen LogP contribution in [0.15, 0.2) is 10.9 Å². The van der Waals surface area contributed by atoms with E-state index in [-0.39, 0.29) is 5.56 Å². The molecule has 4 heteroatoms. The standard InChI is InChI=1S/C16H27N3O/c1-4-9-17-11-13-10-14(20)19-15(18-13)12-5-7-16(2,3)8-6-12/h10,12,17H,4-9,11H2,1-3H3,(H,18,19,20). The van der Waals surface area contributed by atoms with Gasteiger partial charge in [0, 0.05) is 18.5 Å². The quantitative estimate of drug-likeness (QED) is 0.814. The van der Waals surface area contributed by atoms with Gasteiger partial charge in [-0.05, 0) is 44.1 Å². The van der Waals surface area contributed by atoms with E-state index in [0.29, 0.717) is 17.9 Å². The zero-order valence-electron chi connectivity index (χ0n) is 13.0. The Morgan fingerprint density at radius 3 is 2.75 bits per heavy atom. The highest BCUT2D eigenvalue weighted by molar-refractivity contribution is 5.07. The molecule has 1 aliphatic rings. The zero-order chi connectivity index (χ0) is 14.6. The Morgan fingerprint density at radius 2 is 2.10 bits per heavy atom. The van der Waals surface area contributed by atoms with Crippen LogP contribution in [0.25, 0.3) is 0 Å². The van der Waals surface area contributed by atoms with Gasteiger partial charge in [-0.3, -0.25) is 4.79 Å². The molecule has 0 amide bonds. The van der Waals surface area contributed by atoms with E-state index >= 15 is 0 Å². The van der Waals surface area contributed by atoms with Crippen molar-refractivity contribution in [3.63, 3.8) is 0 Å². The third-order valence-corrected chi connectivity index (χ3v) is 4.27. The second-order valence-corrected chi connectivity index (χ2v) is 6.74. The minimum atomic E-state index is -0.0202. The van der Waals surface area contributed by atoms with Gasteiger partial charge >= 0.3 is 0 Å². The highest BCUT2D eigenvalue weighted by Gasteiger charge is 2.28. The summed E-state index contributed by atoms with van der Waals surface area (Å²) in [7, 11) is 0. The molecule has 4 nitrogen and oxygen atoms in total. The van der Waals surface area contributed by atoms with E-state index in [1.807, 2.05) is 0 Å². The molecule has 0 saturated heterocycles. The van der Waals surface area contributed by atoms with Gasteiger partial charge in [-0.15, -0.1) is 0 Å². The average molecular weight is 277 g/mol. The molecule has 1 saturated carbocycles. The van der Waals surface area contributed by atoms with Gasteiger partial charge in [0.15, 0.2) is 0 Å². The number of aromatic amines is 1. The maximum Gasteiger partial charge on any atom is 0.251 e. The SMILES string of the molecule is CCCNCc1cc(=O)[nH]c(C2CCC(C)(C)CC2)n1. The Labute approximate surface area is 121 Å². The smallest absolute Gasteiger partial charge is 0.251 e. The topological polar surface area (TPSA) is 57.8 Å². The number of H-pyrrole nitrogens is 1. The lowest BCUT2D eigenvalue weighted by atomic mass is 9.73. The third-order valence-electron chi connectivity index (χ3n) is 4.27. The molecule has 1 fully saturated rings. The Balaban J connectivity index is 2.06. The molecular weight excluding hydrogens is 250 g/mol. The van der Waals surface area contributed by atoms with E-state index in [9.17, 15) is 4.79 Å². The van der Waals surface area contributed by atoms with Crippen LogP contribution >= 0.6 is 0 Å². The molecule has 0 unspecified atom stereocenters. The van der Waals surface area contributed by atoms with Gasteiger partial charge in [-0.1, -0.05) is 20.8 Å². The normalized spacial score (nSPS) is 19.1. The predicted molar refractivity (Wildman–Crippen MR) is 81.8 cm³/mol. The van der Waals surface area contributed by atoms with Gasteiger partial charge < -0.3 is 10.3 Å². The van der Waals surface area contributed by atoms with Crippen LogP contribution in [0, 0.1) is 5.41 Å². The van der Waals surface area contributed by atoms with Crippen LogP contribution in [0.1, 0.15) is 70.3 Å². The first-order valence-corrected chi connectivity index (χ1v) is 7.81. The fourth-order valence-corrected chi connectivity index (χ4v) is 2.88. The largest absolute Gasteiger partial charge is 0.311 e. The number of hydrogen-bond acceptors (Lipinski definition) is 3.